The Morgan fingerprint density at radius 1 is 0.867 bits per heavy atom. The summed E-state index contributed by atoms with van der Waals surface area (Å²) in [6.07, 6.45) is 20.3. The molecule has 2 aromatic rings. The molecule has 0 spiro atoms. The first-order chi connectivity index (χ1) is 21.6. The van der Waals surface area contributed by atoms with Gasteiger partial charge in [-0.25, -0.2) is 0 Å². The van der Waals surface area contributed by atoms with Gasteiger partial charge in [0, 0.05) is 5.56 Å². The van der Waals surface area contributed by atoms with Gasteiger partial charge in [0.1, 0.15) is 11.5 Å². The van der Waals surface area contributed by atoms with E-state index in [4.69, 9.17) is 4.74 Å². The Morgan fingerprint density at radius 3 is 2.31 bits per heavy atom. The standard InChI is InChI=1S/C42H58O3/c1-28(2)7-6-8-29(3)37-20-21-38-36-19-14-32-27-35(23-25-41(32,4)39(36)24-26-42(37,38)5)45-34-17-9-30(10-18-34)11-22-40(44)31-12-15-33(43)16-13-31/h9-13,15-18,22,28-29,32,35-39,43H,6-8,14,19-21,23-27H2,1-5H3/t29?,32?,35?,36-,37+,38-,39-,41-,42+/m0/s1. The first-order valence-corrected chi connectivity index (χ1v) is 18.3. The average Bonchev–Trinajstić information content (AvgIpc) is 3.38. The number of fused-ring (bicyclic) bond motifs is 5. The molecule has 9 atom stereocenters. The molecule has 0 heterocycles. The number of benzene rings is 2. The normalized spacial score (nSPS) is 35.1. The van der Waals surface area contributed by atoms with Crippen LogP contribution < -0.4 is 4.74 Å². The van der Waals surface area contributed by atoms with Gasteiger partial charge in [-0.15, -0.1) is 0 Å². The summed E-state index contributed by atoms with van der Waals surface area (Å²) in [5.41, 5.74) is 2.60. The van der Waals surface area contributed by atoms with Crippen LogP contribution in [0, 0.1) is 52.3 Å². The number of ketones is 1. The molecule has 4 aliphatic rings. The van der Waals surface area contributed by atoms with Gasteiger partial charge in [-0.05, 0) is 158 Å². The summed E-state index contributed by atoms with van der Waals surface area (Å²) in [5.74, 6) is 7.26. The lowest BCUT2D eigenvalue weighted by atomic mass is 9.44. The van der Waals surface area contributed by atoms with Gasteiger partial charge < -0.3 is 9.84 Å². The Bertz CT molecular complexity index is 1320. The number of phenolic OH excluding ortho intramolecular Hbond substituents is 1. The van der Waals surface area contributed by atoms with Gasteiger partial charge in [-0.1, -0.05) is 72.1 Å². The fraction of sp³-hybridized carbons (Fsp3) is 0.643. The number of phenols is 1. The molecule has 4 aliphatic carbocycles. The third-order valence-electron chi connectivity index (χ3n) is 13.6. The summed E-state index contributed by atoms with van der Waals surface area (Å²) < 4.78 is 6.60. The molecule has 0 aromatic heterocycles. The van der Waals surface area contributed by atoms with E-state index in [1.807, 2.05) is 18.2 Å². The second kappa shape index (κ2) is 13.3. The van der Waals surface area contributed by atoms with Crippen molar-refractivity contribution in [3.63, 3.8) is 0 Å². The smallest absolute Gasteiger partial charge is 0.185 e. The number of hydrogen-bond acceptors (Lipinski definition) is 3. The van der Waals surface area contributed by atoms with Crippen molar-refractivity contribution in [3.05, 3.63) is 65.7 Å². The molecule has 6 rings (SSSR count). The molecule has 244 valence electrons. The number of rotatable bonds is 10. The van der Waals surface area contributed by atoms with Crippen molar-refractivity contribution in [2.45, 2.75) is 118 Å². The van der Waals surface area contributed by atoms with Crippen molar-refractivity contribution in [1.29, 1.82) is 0 Å². The van der Waals surface area contributed by atoms with Gasteiger partial charge in [0.2, 0.25) is 0 Å². The molecule has 0 saturated heterocycles. The quantitative estimate of drug-likeness (QED) is 0.215. The monoisotopic (exact) mass is 610 g/mol. The van der Waals surface area contributed by atoms with E-state index in [1.165, 1.54) is 70.6 Å². The van der Waals surface area contributed by atoms with E-state index >= 15 is 0 Å². The minimum absolute atomic E-state index is 0.0719. The molecule has 0 amide bonds. The number of carbonyl (C=O) groups is 1. The highest BCUT2D eigenvalue weighted by Gasteiger charge is 2.60. The summed E-state index contributed by atoms with van der Waals surface area (Å²) in [5, 5.41) is 9.46. The van der Waals surface area contributed by atoms with Crippen LogP contribution in [-0.4, -0.2) is 17.0 Å². The number of allylic oxidation sites excluding steroid dienone is 1. The van der Waals surface area contributed by atoms with Crippen LogP contribution in [0.25, 0.3) is 6.08 Å². The molecular weight excluding hydrogens is 552 g/mol. The lowest BCUT2D eigenvalue weighted by molar-refractivity contribution is -0.126. The minimum atomic E-state index is -0.0719. The number of aromatic hydroxyl groups is 1. The molecule has 3 heteroatoms. The fourth-order valence-electron chi connectivity index (χ4n) is 11.1. The van der Waals surface area contributed by atoms with Crippen molar-refractivity contribution in [2.75, 3.05) is 0 Å². The van der Waals surface area contributed by atoms with E-state index in [0.717, 1.165) is 59.2 Å². The zero-order chi connectivity index (χ0) is 31.8. The maximum absolute atomic E-state index is 12.5. The van der Waals surface area contributed by atoms with Crippen LogP contribution in [-0.2, 0) is 0 Å². The fourth-order valence-corrected chi connectivity index (χ4v) is 11.1. The van der Waals surface area contributed by atoms with Crippen molar-refractivity contribution in [1.82, 2.24) is 0 Å². The molecule has 1 N–H and O–H groups in total. The van der Waals surface area contributed by atoms with E-state index < -0.39 is 0 Å². The predicted octanol–water partition coefficient (Wildman–Crippen LogP) is 11.2. The van der Waals surface area contributed by atoms with Crippen LogP contribution in [0.4, 0.5) is 0 Å². The van der Waals surface area contributed by atoms with Crippen LogP contribution in [0.1, 0.15) is 128 Å². The Hall–Kier alpha value is -2.55. The molecule has 0 bridgehead atoms. The van der Waals surface area contributed by atoms with Gasteiger partial charge in [-0.2, -0.15) is 0 Å². The Kier molecular flexibility index (Phi) is 9.56. The third-order valence-corrected chi connectivity index (χ3v) is 13.6. The van der Waals surface area contributed by atoms with E-state index in [-0.39, 0.29) is 11.5 Å². The summed E-state index contributed by atoms with van der Waals surface area (Å²) in [6.45, 7) is 12.7. The van der Waals surface area contributed by atoms with E-state index in [2.05, 4.69) is 46.8 Å². The van der Waals surface area contributed by atoms with E-state index in [1.54, 1.807) is 30.3 Å². The molecule has 4 saturated carbocycles. The Balaban J connectivity index is 1.03. The zero-order valence-corrected chi connectivity index (χ0v) is 28.6. The molecule has 0 radical (unpaired) electrons. The van der Waals surface area contributed by atoms with Gasteiger partial charge in [0.25, 0.3) is 0 Å². The Morgan fingerprint density at radius 2 is 1.58 bits per heavy atom. The van der Waals surface area contributed by atoms with Crippen molar-refractivity contribution in [2.24, 2.45) is 52.3 Å². The topological polar surface area (TPSA) is 46.5 Å². The second-order valence-electron chi connectivity index (χ2n) is 16.5. The highest BCUT2D eigenvalue weighted by Crippen LogP contribution is 2.68. The maximum Gasteiger partial charge on any atom is 0.185 e. The van der Waals surface area contributed by atoms with Crippen LogP contribution in [0.3, 0.4) is 0 Å². The van der Waals surface area contributed by atoms with E-state index in [9.17, 15) is 9.90 Å². The maximum atomic E-state index is 12.5. The van der Waals surface area contributed by atoms with Gasteiger partial charge in [-0.3, -0.25) is 4.79 Å². The van der Waals surface area contributed by atoms with Crippen LogP contribution in [0.5, 0.6) is 11.5 Å². The van der Waals surface area contributed by atoms with Crippen molar-refractivity contribution >= 4 is 11.9 Å². The number of hydrogen-bond donors (Lipinski definition) is 1. The summed E-state index contributed by atoms with van der Waals surface area (Å²) in [4.78, 5) is 12.5. The highest BCUT2D eigenvalue weighted by molar-refractivity contribution is 6.06. The first-order valence-electron chi connectivity index (χ1n) is 18.3. The molecule has 45 heavy (non-hydrogen) atoms. The second-order valence-corrected chi connectivity index (χ2v) is 16.5. The van der Waals surface area contributed by atoms with Gasteiger partial charge in [0.15, 0.2) is 5.78 Å². The number of ether oxygens (including phenoxy) is 1. The van der Waals surface area contributed by atoms with Crippen LogP contribution >= 0.6 is 0 Å². The molecule has 3 unspecified atom stereocenters. The Labute approximate surface area is 273 Å². The summed E-state index contributed by atoms with van der Waals surface area (Å²) >= 11 is 0. The van der Waals surface area contributed by atoms with Crippen molar-refractivity contribution in [3.8, 4) is 11.5 Å². The zero-order valence-electron chi connectivity index (χ0n) is 28.6. The molecular formula is C42H58O3. The lowest BCUT2D eigenvalue weighted by Gasteiger charge is -2.61. The lowest BCUT2D eigenvalue weighted by Crippen LogP contribution is -2.54. The minimum Gasteiger partial charge on any atom is -0.508 e. The third kappa shape index (κ3) is 6.66. The predicted molar refractivity (Wildman–Crippen MR) is 185 cm³/mol. The highest BCUT2D eigenvalue weighted by atomic mass is 16.5. The molecule has 2 aromatic carbocycles. The SMILES string of the molecule is CC(C)CCCC(C)[C@H]1CC[C@H]2[C@@H]3CCC4CC(Oc5ccc(C=CC(=O)c6ccc(O)cc6)cc5)CC[C@]4(C)[C@H]3CC[C@]12C. The van der Waals surface area contributed by atoms with Gasteiger partial charge >= 0.3 is 0 Å². The number of carbonyl (C=O) groups excluding carboxylic acids is 1. The molecule has 0 aliphatic heterocycles. The first kappa shape index (κ1) is 32.4. The molecule has 3 nitrogen and oxygen atoms in total. The van der Waals surface area contributed by atoms with Crippen molar-refractivity contribution < 1.29 is 14.6 Å². The van der Waals surface area contributed by atoms with Crippen LogP contribution in [0.2, 0.25) is 0 Å². The van der Waals surface area contributed by atoms with Crippen LogP contribution in [0.15, 0.2) is 54.6 Å². The van der Waals surface area contributed by atoms with E-state index in [0.29, 0.717) is 22.5 Å². The average molecular weight is 611 g/mol. The molecule has 4 fully saturated rings. The largest absolute Gasteiger partial charge is 0.508 e. The summed E-state index contributed by atoms with van der Waals surface area (Å²) in [7, 11) is 0. The summed E-state index contributed by atoms with van der Waals surface area (Å²) in [6, 6.07) is 14.5. The van der Waals surface area contributed by atoms with Gasteiger partial charge in [0.05, 0.1) is 6.10 Å².